The number of carbonyl (C=O) groups is 1. The minimum absolute atomic E-state index is 0. The molecule has 2 atom stereocenters. The van der Waals surface area contributed by atoms with E-state index in [1.54, 1.807) is 0 Å². The van der Waals surface area contributed by atoms with Gasteiger partial charge < -0.3 is 19.6 Å². The zero-order chi connectivity index (χ0) is 15.2. The maximum atomic E-state index is 11.9. The molecule has 2 saturated heterocycles. The number of rotatable bonds is 4. The molecule has 11 nitrogen and oxygen atoms in total. The van der Waals surface area contributed by atoms with Gasteiger partial charge in [0.2, 0.25) is 22.2 Å². The van der Waals surface area contributed by atoms with Gasteiger partial charge in [-0.05, 0) is 6.42 Å². The van der Waals surface area contributed by atoms with Gasteiger partial charge in [0.05, 0.1) is 18.5 Å². The van der Waals surface area contributed by atoms with E-state index in [1.807, 2.05) is 0 Å². The first-order valence-corrected chi connectivity index (χ1v) is 7.48. The number of aromatic nitrogens is 2. The van der Waals surface area contributed by atoms with Crippen molar-refractivity contribution in [1.82, 2.24) is 20.2 Å². The van der Waals surface area contributed by atoms with Crippen LogP contribution in [0.2, 0.25) is 0 Å². The van der Waals surface area contributed by atoms with Gasteiger partial charge in [-0.3, -0.25) is 0 Å². The number of carbonyl (C=O) groups excluding carboxylic acids is 1. The van der Waals surface area contributed by atoms with Crippen LogP contribution in [0.5, 0.6) is 0 Å². The van der Waals surface area contributed by atoms with Crippen LogP contribution < -0.4 is 35.3 Å². The van der Waals surface area contributed by atoms with Crippen molar-refractivity contribution in [2.45, 2.75) is 24.9 Å². The van der Waals surface area contributed by atoms with E-state index in [0.29, 0.717) is 18.0 Å². The summed E-state index contributed by atoms with van der Waals surface area (Å²) in [4.78, 5) is 13.3. The molecule has 1 aromatic heterocycles. The summed E-state index contributed by atoms with van der Waals surface area (Å²) in [5.41, 5.74) is 5.39. The number of nitrogens with two attached hydrogens (primary N) is 1. The van der Waals surface area contributed by atoms with Crippen LogP contribution in [0.25, 0.3) is 0 Å². The predicted molar refractivity (Wildman–Crippen MR) is 62.9 cm³/mol. The van der Waals surface area contributed by atoms with E-state index in [9.17, 15) is 17.8 Å². The van der Waals surface area contributed by atoms with Crippen LogP contribution in [0, 0.1) is 0 Å². The van der Waals surface area contributed by atoms with Crippen LogP contribution in [-0.2, 0) is 21.2 Å². The van der Waals surface area contributed by atoms with Crippen molar-refractivity contribution in [3.8, 4) is 0 Å². The van der Waals surface area contributed by atoms with Crippen LogP contribution >= 0.6 is 0 Å². The zero-order valence-corrected chi connectivity index (χ0v) is 14.5. The summed E-state index contributed by atoms with van der Waals surface area (Å²) < 4.78 is 41.9. The fraction of sp³-hybridized carbons (Fsp3) is 0.667. The minimum atomic E-state index is -5.04. The predicted octanol–water partition coefficient (Wildman–Crippen LogP) is -4.48. The van der Waals surface area contributed by atoms with Crippen molar-refractivity contribution in [1.29, 1.82) is 0 Å². The van der Waals surface area contributed by atoms with Crippen LogP contribution in [0.1, 0.15) is 24.1 Å². The first-order valence-electron chi connectivity index (χ1n) is 6.15. The average molecular weight is 341 g/mol. The molecule has 2 bridgehead atoms. The van der Waals surface area contributed by atoms with Crippen molar-refractivity contribution in [2.24, 2.45) is 5.73 Å². The molecule has 116 valence electrons. The summed E-state index contributed by atoms with van der Waals surface area (Å²) in [6, 6.07) is -1.35. The van der Waals surface area contributed by atoms with E-state index in [4.69, 9.17) is 10.2 Å². The average Bonchev–Trinajstić information content (AvgIpc) is 2.98. The maximum Gasteiger partial charge on any atom is 1.00 e. The van der Waals surface area contributed by atoms with Gasteiger partial charge in [0.25, 0.3) is 0 Å². The van der Waals surface area contributed by atoms with Crippen LogP contribution in [0.4, 0.5) is 4.79 Å². The Kier molecular flexibility index (Phi) is 5.11. The summed E-state index contributed by atoms with van der Waals surface area (Å²) in [6.07, 6.45) is 0.487. The first kappa shape index (κ1) is 17.6. The second kappa shape index (κ2) is 6.39. The third kappa shape index (κ3) is 3.27. The molecule has 2 aliphatic heterocycles. The standard InChI is InChI=1S/C9H13N5O6S.Na/c10-3-7-11-12-8(19-7)5-1-2-13-4-6(5)14(9(13)15)20-21(16,17)18;/h5-6H,1-4,10H2,(H,16,17,18);/q;+1/p-1/t5-,6+;/m1./s1. The van der Waals surface area contributed by atoms with E-state index in [1.165, 1.54) is 4.90 Å². The third-order valence-electron chi connectivity index (χ3n) is 3.49. The van der Waals surface area contributed by atoms with Crippen LogP contribution in [-0.4, -0.2) is 58.3 Å². The van der Waals surface area contributed by atoms with Gasteiger partial charge in [0.1, 0.15) is 0 Å². The normalized spacial score (nSPS) is 24.5. The fourth-order valence-corrected chi connectivity index (χ4v) is 2.97. The molecule has 2 aliphatic rings. The smallest absolute Gasteiger partial charge is 0.724 e. The Morgan fingerprint density at radius 1 is 1.45 bits per heavy atom. The monoisotopic (exact) mass is 341 g/mol. The topological polar surface area (TPSA) is 155 Å². The number of hydrogen-bond acceptors (Lipinski definition) is 9. The summed E-state index contributed by atoms with van der Waals surface area (Å²) in [5, 5.41) is 8.15. The van der Waals surface area contributed by atoms with E-state index in [0.717, 1.165) is 0 Å². The quantitative estimate of drug-likeness (QED) is 0.324. The molecule has 3 rings (SSSR count). The Bertz CT molecular complexity index is 665. The molecule has 3 heterocycles. The van der Waals surface area contributed by atoms with Gasteiger partial charge >= 0.3 is 35.6 Å². The maximum absolute atomic E-state index is 11.9. The zero-order valence-electron chi connectivity index (χ0n) is 11.7. The third-order valence-corrected chi connectivity index (χ3v) is 3.83. The second-order valence-electron chi connectivity index (χ2n) is 4.74. The van der Waals surface area contributed by atoms with Crippen molar-refractivity contribution in [2.75, 3.05) is 13.1 Å². The molecule has 0 aromatic carbocycles. The van der Waals surface area contributed by atoms with Gasteiger partial charge in [-0.1, -0.05) is 0 Å². The van der Waals surface area contributed by atoms with Crippen molar-refractivity contribution < 1.29 is 56.0 Å². The molecule has 0 unspecified atom stereocenters. The minimum Gasteiger partial charge on any atom is -0.724 e. The molecule has 13 heteroatoms. The Morgan fingerprint density at radius 2 is 2.18 bits per heavy atom. The molecule has 2 fully saturated rings. The molecule has 0 radical (unpaired) electrons. The van der Waals surface area contributed by atoms with Gasteiger partial charge in [0.15, 0.2) is 0 Å². The van der Waals surface area contributed by atoms with E-state index >= 15 is 0 Å². The fourth-order valence-electron chi connectivity index (χ4n) is 2.60. The first-order chi connectivity index (χ1) is 9.89. The van der Waals surface area contributed by atoms with Crippen molar-refractivity contribution in [3.05, 3.63) is 11.8 Å². The van der Waals surface area contributed by atoms with E-state index in [-0.39, 0.29) is 54.4 Å². The number of fused-ring (bicyclic) bond motifs is 2. The number of nitrogens with zero attached hydrogens (tertiary/aromatic N) is 4. The number of amides is 2. The number of hydroxylamine groups is 2. The second-order valence-corrected chi connectivity index (χ2v) is 5.70. The number of piperidine rings is 1. The van der Waals surface area contributed by atoms with Crippen LogP contribution in [0.15, 0.2) is 4.42 Å². The van der Waals surface area contributed by atoms with Crippen LogP contribution in [0.3, 0.4) is 0 Å². The molecule has 2 amide bonds. The molecule has 1 aromatic rings. The molecular weight excluding hydrogens is 329 g/mol. The van der Waals surface area contributed by atoms with Gasteiger partial charge in [0, 0.05) is 13.1 Å². The Labute approximate surface area is 148 Å². The number of hydrogen-bond donors (Lipinski definition) is 1. The summed E-state index contributed by atoms with van der Waals surface area (Å²) in [7, 11) is -5.04. The van der Waals surface area contributed by atoms with Crippen molar-refractivity contribution in [3.63, 3.8) is 0 Å². The molecule has 0 saturated carbocycles. The Morgan fingerprint density at radius 3 is 2.77 bits per heavy atom. The number of urea groups is 1. The van der Waals surface area contributed by atoms with Gasteiger partial charge in [-0.2, -0.15) is 9.35 Å². The van der Waals surface area contributed by atoms with E-state index < -0.39 is 28.4 Å². The summed E-state index contributed by atoms with van der Waals surface area (Å²) >= 11 is 0. The van der Waals surface area contributed by atoms with Gasteiger partial charge in [-0.25, -0.2) is 13.2 Å². The Balaban J connectivity index is 0.00000176. The summed E-state index contributed by atoms with van der Waals surface area (Å²) in [5.74, 6) is 0.0645. The summed E-state index contributed by atoms with van der Waals surface area (Å²) in [6.45, 7) is 0.670. The van der Waals surface area contributed by atoms with Gasteiger partial charge in [-0.15, -0.1) is 10.2 Å². The van der Waals surface area contributed by atoms with E-state index in [2.05, 4.69) is 14.5 Å². The molecule has 0 spiro atoms. The molecule has 22 heavy (non-hydrogen) atoms. The SMILES string of the molecule is NCc1nnc([C@@H]2CCN3C[C@@H]2N(OS(=O)(=O)[O-])C3=O)o1.[Na+]. The largest absolute Gasteiger partial charge is 1.00 e. The molecule has 0 aliphatic carbocycles. The Hall–Kier alpha value is -0.760. The molecule has 2 N–H and O–H groups in total. The molecular formula is C9H12N5NaO6S. The van der Waals surface area contributed by atoms with Crippen molar-refractivity contribution >= 4 is 16.4 Å².